The maximum absolute atomic E-state index is 6.25. The van der Waals surface area contributed by atoms with Crippen molar-refractivity contribution in [3.05, 3.63) is 0 Å². The van der Waals surface area contributed by atoms with Gasteiger partial charge in [-0.3, -0.25) is 0 Å². The number of rotatable bonds is 8. The number of nitrogens with zero attached hydrogens (tertiary/aromatic N) is 1. The van der Waals surface area contributed by atoms with Gasteiger partial charge in [0, 0.05) is 12.6 Å². The van der Waals surface area contributed by atoms with Crippen LogP contribution in [0.15, 0.2) is 0 Å². The molecule has 16 heavy (non-hydrogen) atoms. The van der Waals surface area contributed by atoms with Crippen molar-refractivity contribution >= 4 is 0 Å². The van der Waals surface area contributed by atoms with Crippen molar-refractivity contribution in [3.8, 4) is 0 Å². The number of hydrogen-bond acceptors (Lipinski definition) is 2. The molecule has 0 aromatic heterocycles. The quantitative estimate of drug-likeness (QED) is 0.691. The summed E-state index contributed by atoms with van der Waals surface area (Å²) in [6.45, 7) is 14.7. The van der Waals surface area contributed by atoms with E-state index in [1.54, 1.807) is 0 Å². The molecule has 0 fully saturated rings. The van der Waals surface area contributed by atoms with Crippen LogP contribution in [0.4, 0.5) is 0 Å². The molecular weight excluding hydrogens is 196 g/mol. The van der Waals surface area contributed by atoms with E-state index in [2.05, 4.69) is 39.5 Å². The summed E-state index contributed by atoms with van der Waals surface area (Å²) >= 11 is 0. The van der Waals surface area contributed by atoms with E-state index in [1.165, 1.54) is 38.8 Å². The van der Waals surface area contributed by atoms with Crippen LogP contribution in [0.5, 0.6) is 0 Å². The van der Waals surface area contributed by atoms with Crippen LogP contribution in [0.3, 0.4) is 0 Å². The molecule has 0 aliphatic heterocycles. The molecule has 0 aromatic rings. The molecule has 0 rings (SSSR count). The highest BCUT2D eigenvalue weighted by molar-refractivity contribution is 4.80. The SMILES string of the molecule is CCCCN(CCCC)CC(N)C(C)(C)C. The van der Waals surface area contributed by atoms with E-state index in [9.17, 15) is 0 Å². The Balaban J connectivity index is 4.07. The maximum Gasteiger partial charge on any atom is 0.0217 e. The Labute approximate surface area is 103 Å². The summed E-state index contributed by atoms with van der Waals surface area (Å²) in [7, 11) is 0. The lowest BCUT2D eigenvalue weighted by Crippen LogP contribution is -2.45. The highest BCUT2D eigenvalue weighted by Crippen LogP contribution is 2.18. The molecule has 0 saturated carbocycles. The molecule has 0 saturated heterocycles. The summed E-state index contributed by atoms with van der Waals surface area (Å²) < 4.78 is 0. The predicted molar refractivity (Wildman–Crippen MR) is 73.7 cm³/mol. The Bertz CT molecular complexity index is 153. The molecule has 0 aliphatic rings. The van der Waals surface area contributed by atoms with Gasteiger partial charge < -0.3 is 10.6 Å². The van der Waals surface area contributed by atoms with Gasteiger partial charge in [0.2, 0.25) is 0 Å². The van der Waals surface area contributed by atoms with E-state index in [4.69, 9.17) is 5.73 Å². The molecule has 0 spiro atoms. The van der Waals surface area contributed by atoms with Gasteiger partial charge in [-0.2, -0.15) is 0 Å². The average Bonchev–Trinajstić information content (AvgIpc) is 2.20. The predicted octanol–water partition coefficient (Wildman–Crippen LogP) is 3.26. The third-order valence-electron chi connectivity index (χ3n) is 3.22. The summed E-state index contributed by atoms with van der Waals surface area (Å²) in [5.74, 6) is 0. The highest BCUT2D eigenvalue weighted by Gasteiger charge is 2.22. The van der Waals surface area contributed by atoms with Crippen LogP contribution in [-0.2, 0) is 0 Å². The van der Waals surface area contributed by atoms with Crippen molar-refractivity contribution < 1.29 is 0 Å². The lowest BCUT2D eigenvalue weighted by molar-refractivity contribution is 0.194. The Kier molecular flexibility index (Phi) is 8.04. The Morgan fingerprint density at radius 3 is 1.75 bits per heavy atom. The van der Waals surface area contributed by atoms with Crippen molar-refractivity contribution in [2.75, 3.05) is 19.6 Å². The molecule has 2 heteroatoms. The van der Waals surface area contributed by atoms with Gasteiger partial charge in [-0.25, -0.2) is 0 Å². The van der Waals surface area contributed by atoms with Crippen molar-refractivity contribution in [1.29, 1.82) is 0 Å². The minimum atomic E-state index is 0.219. The fourth-order valence-electron chi connectivity index (χ4n) is 1.61. The fraction of sp³-hybridized carbons (Fsp3) is 1.00. The molecule has 0 bridgehead atoms. The second kappa shape index (κ2) is 8.08. The van der Waals surface area contributed by atoms with Crippen LogP contribution < -0.4 is 5.73 Å². The molecule has 0 aromatic carbocycles. The first-order chi connectivity index (χ1) is 7.41. The van der Waals surface area contributed by atoms with Crippen LogP contribution in [0, 0.1) is 5.41 Å². The Morgan fingerprint density at radius 2 is 1.44 bits per heavy atom. The third kappa shape index (κ3) is 7.24. The van der Waals surface area contributed by atoms with E-state index in [0.29, 0.717) is 0 Å². The molecule has 0 radical (unpaired) electrons. The van der Waals surface area contributed by atoms with Gasteiger partial charge in [0.15, 0.2) is 0 Å². The molecule has 0 aliphatic carbocycles. The second-order valence-corrected chi connectivity index (χ2v) is 5.98. The number of unbranched alkanes of at least 4 members (excludes halogenated alkanes) is 2. The van der Waals surface area contributed by atoms with Crippen molar-refractivity contribution in [2.45, 2.75) is 66.3 Å². The standard InChI is InChI=1S/C14H32N2/c1-6-8-10-16(11-9-7-2)12-13(15)14(3,4)5/h13H,6-12,15H2,1-5H3. The monoisotopic (exact) mass is 228 g/mol. The van der Waals surface area contributed by atoms with Gasteiger partial charge in [0.05, 0.1) is 0 Å². The minimum Gasteiger partial charge on any atom is -0.326 e. The van der Waals surface area contributed by atoms with Crippen LogP contribution in [-0.4, -0.2) is 30.6 Å². The number of nitrogens with two attached hydrogens (primary N) is 1. The summed E-state index contributed by atoms with van der Waals surface area (Å²) in [6, 6.07) is 0.279. The molecule has 0 heterocycles. The van der Waals surface area contributed by atoms with E-state index < -0.39 is 0 Å². The zero-order valence-corrected chi connectivity index (χ0v) is 12.1. The van der Waals surface area contributed by atoms with Gasteiger partial charge in [-0.05, 0) is 31.3 Å². The third-order valence-corrected chi connectivity index (χ3v) is 3.22. The van der Waals surface area contributed by atoms with Crippen LogP contribution in [0.2, 0.25) is 0 Å². The Morgan fingerprint density at radius 1 is 1.00 bits per heavy atom. The molecule has 2 nitrogen and oxygen atoms in total. The maximum atomic E-state index is 6.25. The fourth-order valence-corrected chi connectivity index (χ4v) is 1.61. The highest BCUT2D eigenvalue weighted by atomic mass is 15.1. The van der Waals surface area contributed by atoms with E-state index in [1.807, 2.05) is 0 Å². The first kappa shape index (κ1) is 15.9. The van der Waals surface area contributed by atoms with Crippen molar-refractivity contribution in [1.82, 2.24) is 4.90 Å². The molecule has 2 N–H and O–H groups in total. The minimum absolute atomic E-state index is 0.219. The molecule has 0 amide bonds. The first-order valence-corrected chi connectivity index (χ1v) is 6.89. The molecule has 1 unspecified atom stereocenters. The molecule has 98 valence electrons. The smallest absolute Gasteiger partial charge is 0.0217 e. The zero-order chi connectivity index (χ0) is 12.6. The largest absolute Gasteiger partial charge is 0.326 e. The summed E-state index contributed by atoms with van der Waals surface area (Å²) in [5.41, 5.74) is 6.47. The van der Waals surface area contributed by atoms with E-state index in [-0.39, 0.29) is 11.5 Å². The normalized spacial score (nSPS) is 14.4. The van der Waals surface area contributed by atoms with Crippen molar-refractivity contribution in [3.63, 3.8) is 0 Å². The van der Waals surface area contributed by atoms with Crippen molar-refractivity contribution in [2.24, 2.45) is 11.1 Å². The van der Waals surface area contributed by atoms with E-state index in [0.717, 1.165) is 6.54 Å². The van der Waals surface area contributed by atoms with Crippen LogP contribution in [0.25, 0.3) is 0 Å². The number of hydrogen-bond donors (Lipinski definition) is 1. The Hall–Kier alpha value is -0.0800. The van der Waals surface area contributed by atoms with Gasteiger partial charge in [0.25, 0.3) is 0 Å². The van der Waals surface area contributed by atoms with Gasteiger partial charge in [-0.1, -0.05) is 47.5 Å². The van der Waals surface area contributed by atoms with E-state index >= 15 is 0 Å². The first-order valence-electron chi connectivity index (χ1n) is 6.89. The summed E-state index contributed by atoms with van der Waals surface area (Å²) in [5, 5.41) is 0. The lowest BCUT2D eigenvalue weighted by Gasteiger charge is -2.33. The van der Waals surface area contributed by atoms with Gasteiger partial charge in [0.1, 0.15) is 0 Å². The lowest BCUT2D eigenvalue weighted by atomic mass is 9.87. The average molecular weight is 228 g/mol. The molecule has 1 atom stereocenters. The van der Waals surface area contributed by atoms with Gasteiger partial charge in [-0.15, -0.1) is 0 Å². The summed E-state index contributed by atoms with van der Waals surface area (Å²) in [4.78, 5) is 2.54. The van der Waals surface area contributed by atoms with Gasteiger partial charge >= 0.3 is 0 Å². The summed E-state index contributed by atoms with van der Waals surface area (Å²) in [6.07, 6.45) is 5.13. The van der Waals surface area contributed by atoms with Crippen LogP contribution in [0.1, 0.15) is 60.3 Å². The topological polar surface area (TPSA) is 29.3 Å². The van der Waals surface area contributed by atoms with Crippen LogP contribution >= 0.6 is 0 Å². The second-order valence-electron chi connectivity index (χ2n) is 5.98. The zero-order valence-electron chi connectivity index (χ0n) is 12.1. The molecular formula is C14H32N2.